The van der Waals surface area contributed by atoms with Crippen molar-refractivity contribution in [3.8, 4) is 5.75 Å². The Labute approximate surface area is 65.6 Å². The first-order valence-corrected chi connectivity index (χ1v) is 3.24. The second-order valence-corrected chi connectivity index (χ2v) is 2.46. The maximum atomic E-state index is 5.69. The van der Waals surface area contributed by atoms with Gasteiger partial charge in [-0.15, -0.1) is 0 Å². The van der Waals surface area contributed by atoms with E-state index in [9.17, 15) is 0 Å². The standard InChI is InChI=1S/C8H7ClO/c1-6-3-4-7(9)8(5-6)10-2/h2-5H,1H3. The lowest BCUT2D eigenvalue weighted by molar-refractivity contribution is 0.473. The molecule has 0 fully saturated rings. The van der Waals surface area contributed by atoms with Crippen LogP contribution >= 0.6 is 11.6 Å². The highest BCUT2D eigenvalue weighted by atomic mass is 35.5. The molecule has 0 aliphatic heterocycles. The molecular formula is C8H7ClO. The van der Waals surface area contributed by atoms with Crippen LogP contribution in [-0.2, 0) is 0 Å². The minimum absolute atomic E-state index is 0.515. The number of rotatable bonds is 1. The van der Waals surface area contributed by atoms with Crippen LogP contribution in [0.25, 0.3) is 0 Å². The molecule has 1 rings (SSSR count). The third-order valence-electron chi connectivity index (χ3n) is 1.21. The number of halogens is 1. The van der Waals surface area contributed by atoms with E-state index in [2.05, 4.69) is 4.74 Å². The predicted molar refractivity (Wildman–Crippen MR) is 41.1 cm³/mol. The Balaban J connectivity index is 3.09. The fourth-order valence-electron chi connectivity index (χ4n) is 0.701. The van der Waals surface area contributed by atoms with Crippen molar-refractivity contribution in [3.63, 3.8) is 0 Å². The first kappa shape index (κ1) is 7.42. The summed E-state index contributed by atoms with van der Waals surface area (Å²) >= 11 is 5.69. The summed E-state index contributed by atoms with van der Waals surface area (Å²) in [6.45, 7) is 1.94. The molecule has 0 spiro atoms. The molecule has 0 aliphatic carbocycles. The van der Waals surface area contributed by atoms with Crippen LogP contribution < -0.4 is 4.74 Å². The SMILES string of the molecule is [CH]Oc1cc(C)ccc1Cl. The lowest BCUT2D eigenvalue weighted by Gasteiger charge is -2.01. The Bertz CT molecular complexity index is 233. The van der Waals surface area contributed by atoms with Crippen LogP contribution in [0.3, 0.4) is 0 Å². The second-order valence-electron chi connectivity index (χ2n) is 2.05. The Hall–Kier alpha value is -0.690. The number of hydrogen-bond donors (Lipinski definition) is 0. The lowest BCUT2D eigenvalue weighted by Crippen LogP contribution is -1.81. The number of aryl methyl sites for hydroxylation is 1. The average Bonchev–Trinajstić information content (AvgIpc) is 1.94. The minimum atomic E-state index is 0.515. The molecule has 0 bridgehead atoms. The van der Waals surface area contributed by atoms with Gasteiger partial charge in [0.1, 0.15) is 5.75 Å². The molecule has 0 saturated carbocycles. The first-order chi connectivity index (χ1) is 4.74. The fraction of sp³-hybridized carbons (Fsp3) is 0.125. The van der Waals surface area contributed by atoms with Gasteiger partial charge in [0.15, 0.2) is 7.11 Å². The van der Waals surface area contributed by atoms with Gasteiger partial charge in [0.25, 0.3) is 0 Å². The zero-order valence-corrected chi connectivity index (χ0v) is 6.35. The molecule has 1 aromatic rings. The van der Waals surface area contributed by atoms with Gasteiger partial charge in [0, 0.05) is 0 Å². The average molecular weight is 155 g/mol. The monoisotopic (exact) mass is 154 g/mol. The van der Waals surface area contributed by atoms with E-state index >= 15 is 0 Å². The number of hydrogen-bond acceptors (Lipinski definition) is 1. The van der Waals surface area contributed by atoms with Gasteiger partial charge in [-0.2, -0.15) is 0 Å². The van der Waals surface area contributed by atoms with Gasteiger partial charge in [-0.1, -0.05) is 17.7 Å². The van der Waals surface area contributed by atoms with E-state index in [-0.39, 0.29) is 0 Å². The van der Waals surface area contributed by atoms with Gasteiger partial charge < -0.3 is 4.74 Å². The summed E-state index contributed by atoms with van der Waals surface area (Å²) in [5.74, 6) is 0.515. The minimum Gasteiger partial charge on any atom is -0.481 e. The highest BCUT2D eigenvalue weighted by Gasteiger charge is 1.97. The summed E-state index contributed by atoms with van der Waals surface area (Å²) < 4.78 is 4.49. The van der Waals surface area contributed by atoms with Crippen LogP contribution in [0, 0.1) is 14.0 Å². The lowest BCUT2D eigenvalue weighted by atomic mass is 10.2. The molecule has 0 unspecified atom stereocenters. The molecule has 0 aliphatic rings. The van der Waals surface area contributed by atoms with Crippen LogP contribution in [0.1, 0.15) is 5.56 Å². The molecule has 0 saturated heterocycles. The number of ether oxygens (including phenoxy) is 1. The summed E-state index contributed by atoms with van der Waals surface area (Å²) in [5, 5.41) is 0.535. The predicted octanol–water partition coefficient (Wildman–Crippen LogP) is 2.70. The Morgan fingerprint density at radius 1 is 1.50 bits per heavy atom. The van der Waals surface area contributed by atoms with E-state index in [4.69, 9.17) is 18.7 Å². The van der Waals surface area contributed by atoms with E-state index in [1.165, 1.54) is 0 Å². The Morgan fingerprint density at radius 2 is 2.20 bits per heavy atom. The van der Waals surface area contributed by atoms with E-state index in [0.717, 1.165) is 5.56 Å². The van der Waals surface area contributed by atoms with Gasteiger partial charge in [0.05, 0.1) is 5.02 Å². The highest BCUT2D eigenvalue weighted by molar-refractivity contribution is 6.32. The summed E-state index contributed by atoms with van der Waals surface area (Å²) in [6, 6.07) is 5.42. The third-order valence-corrected chi connectivity index (χ3v) is 1.53. The third kappa shape index (κ3) is 1.42. The van der Waals surface area contributed by atoms with Gasteiger partial charge in [-0.25, -0.2) is 0 Å². The first-order valence-electron chi connectivity index (χ1n) is 2.87. The van der Waals surface area contributed by atoms with Crippen LogP contribution in [0.5, 0.6) is 5.75 Å². The zero-order chi connectivity index (χ0) is 7.56. The fourth-order valence-corrected chi connectivity index (χ4v) is 0.863. The number of benzene rings is 1. The van der Waals surface area contributed by atoms with E-state index < -0.39 is 0 Å². The summed E-state index contributed by atoms with van der Waals surface area (Å²) in [5.41, 5.74) is 1.07. The zero-order valence-electron chi connectivity index (χ0n) is 5.60. The van der Waals surface area contributed by atoms with Crippen molar-refractivity contribution in [2.45, 2.75) is 6.92 Å². The van der Waals surface area contributed by atoms with Crippen LogP contribution in [0.4, 0.5) is 0 Å². The molecule has 0 N–H and O–H groups in total. The molecule has 52 valence electrons. The maximum absolute atomic E-state index is 5.69. The van der Waals surface area contributed by atoms with E-state index in [1.807, 2.05) is 13.0 Å². The smallest absolute Gasteiger partial charge is 0.180 e. The molecule has 2 radical (unpaired) electrons. The van der Waals surface area contributed by atoms with Gasteiger partial charge in [0.2, 0.25) is 0 Å². The summed E-state index contributed by atoms with van der Waals surface area (Å²) in [6.07, 6.45) is 0. The molecule has 2 heteroatoms. The molecular weight excluding hydrogens is 148 g/mol. The normalized spacial score (nSPS) is 9.50. The van der Waals surface area contributed by atoms with Crippen LogP contribution in [-0.4, -0.2) is 0 Å². The van der Waals surface area contributed by atoms with E-state index in [0.29, 0.717) is 10.8 Å². The highest BCUT2D eigenvalue weighted by Crippen LogP contribution is 2.24. The van der Waals surface area contributed by atoms with Gasteiger partial charge >= 0.3 is 0 Å². The van der Waals surface area contributed by atoms with Crippen molar-refractivity contribution in [2.24, 2.45) is 0 Å². The molecule has 0 aromatic heterocycles. The molecule has 0 amide bonds. The van der Waals surface area contributed by atoms with Crippen molar-refractivity contribution in [1.82, 2.24) is 0 Å². The van der Waals surface area contributed by atoms with Crippen LogP contribution in [0.2, 0.25) is 5.02 Å². The summed E-state index contributed by atoms with van der Waals surface area (Å²) in [7, 11) is 4.94. The Kier molecular flexibility index (Phi) is 2.17. The van der Waals surface area contributed by atoms with Crippen molar-refractivity contribution in [1.29, 1.82) is 0 Å². The van der Waals surface area contributed by atoms with Crippen LogP contribution in [0.15, 0.2) is 18.2 Å². The maximum Gasteiger partial charge on any atom is 0.180 e. The van der Waals surface area contributed by atoms with Crippen molar-refractivity contribution in [3.05, 3.63) is 35.9 Å². The molecule has 10 heavy (non-hydrogen) atoms. The topological polar surface area (TPSA) is 9.23 Å². The molecule has 1 aromatic carbocycles. The van der Waals surface area contributed by atoms with E-state index in [1.54, 1.807) is 12.1 Å². The summed E-state index contributed by atoms with van der Waals surface area (Å²) in [4.78, 5) is 0. The van der Waals surface area contributed by atoms with Gasteiger partial charge in [-0.05, 0) is 24.6 Å². The molecule has 1 nitrogen and oxygen atoms in total. The van der Waals surface area contributed by atoms with Crippen molar-refractivity contribution in [2.75, 3.05) is 0 Å². The molecule has 0 atom stereocenters. The van der Waals surface area contributed by atoms with Crippen molar-refractivity contribution < 1.29 is 4.74 Å². The van der Waals surface area contributed by atoms with Crippen molar-refractivity contribution >= 4 is 11.6 Å². The van der Waals surface area contributed by atoms with Gasteiger partial charge in [-0.3, -0.25) is 0 Å². The quantitative estimate of drug-likeness (QED) is 0.605. The Morgan fingerprint density at radius 3 is 2.70 bits per heavy atom. The second kappa shape index (κ2) is 2.93. The molecule has 0 heterocycles. The largest absolute Gasteiger partial charge is 0.481 e.